The molecule has 4 nitrogen and oxygen atoms in total. The zero-order chi connectivity index (χ0) is 14.1. The summed E-state index contributed by atoms with van der Waals surface area (Å²) in [5, 5.41) is 7.99. The first-order valence-corrected chi connectivity index (χ1v) is 8.25. The second-order valence-corrected chi connectivity index (χ2v) is 6.34. The van der Waals surface area contributed by atoms with Crippen LogP contribution in [0.5, 0.6) is 0 Å². The Kier molecular flexibility index (Phi) is 3.69. The van der Waals surface area contributed by atoms with E-state index in [1.54, 1.807) is 11.3 Å². The van der Waals surface area contributed by atoms with Gasteiger partial charge in [-0.05, 0) is 24.9 Å². The maximum atomic E-state index is 12.4. The Labute approximate surface area is 124 Å². The first-order chi connectivity index (χ1) is 9.70. The van der Waals surface area contributed by atoms with Crippen LogP contribution in [0.2, 0.25) is 0 Å². The number of thiophene rings is 2. The number of nitrogens with zero attached hydrogens (tertiary/aromatic N) is 1. The summed E-state index contributed by atoms with van der Waals surface area (Å²) in [5.74, 6) is 0.698. The second-order valence-electron chi connectivity index (χ2n) is 4.54. The summed E-state index contributed by atoms with van der Waals surface area (Å²) in [6.07, 6.45) is 0. The predicted octanol–water partition coefficient (Wildman–Crippen LogP) is 3.38. The molecule has 0 fully saturated rings. The zero-order valence-electron chi connectivity index (χ0n) is 11.3. The highest BCUT2D eigenvalue weighted by Gasteiger charge is 2.15. The lowest BCUT2D eigenvalue weighted by molar-refractivity contribution is 0.567. The minimum absolute atomic E-state index is 0.0457. The molecule has 0 saturated carbocycles. The number of fused-ring (bicyclic) bond motifs is 1. The first kappa shape index (κ1) is 13.5. The molecule has 3 heterocycles. The van der Waals surface area contributed by atoms with Crippen molar-refractivity contribution >= 4 is 32.9 Å². The molecule has 0 aromatic carbocycles. The van der Waals surface area contributed by atoms with Gasteiger partial charge in [-0.25, -0.2) is 4.98 Å². The number of H-pyrrole nitrogens is 1. The van der Waals surface area contributed by atoms with E-state index >= 15 is 0 Å². The molecule has 2 N–H and O–H groups in total. The van der Waals surface area contributed by atoms with Crippen molar-refractivity contribution in [2.75, 3.05) is 6.54 Å². The Morgan fingerprint density at radius 1 is 1.45 bits per heavy atom. The molecule has 3 rings (SSSR count). The maximum Gasteiger partial charge on any atom is 0.260 e. The van der Waals surface area contributed by atoms with E-state index < -0.39 is 0 Å². The van der Waals surface area contributed by atoms with E-state index in [1.807, 2.05) is 36.7 Å². The number of rotatable bonds is 4. The average Bonchev–Trinajstić information content (AvgIpc) is 3.07. The van der Waals surface area contributed by atoms with E-state index in [9.17, 15) is 4.79 Å². The van der Waals surface area contributed by atoms with Crippen LogP contribution in [-0.2, 0) is 0 Å². The van der Waals surface area contributed by atoms with Gasteiger partial charge in [0.1, 0.15) is 10.7 Å². The normalized spacial score (nSPS) is 12.9. The molecule has 0 radical (unpaired) electrons. The fourth-order valence-electron chi connectivity index (χ4n) is 2.19. The fraction of sp³-hybridized carbons (Fsp3) is 0.286. The molecule has 0 saturated heterocycles. The monoisotopic (exact) mass is 305 g/mol. The SMILES string of the molecule is CCN[C@@H](C)c1nc2scc(-c3cccs3)c2c(=O)[nH]1. The highest BCUT2D eigenvalue weighted by Crippen LogP contribution is 2.33. The molecule has 20 heavy (non-hydrogen) atoms. The van der Waals surface area contributed by atoms with Gasteiger partial charge < -0.3 is 10.3 Å². The lowest BCUT2D eigenvalue weighted by Gasteiger charge is -2.10. The number of aromatic nitrogens is 2. The van der Waals surface area contributed by atoms with Crippen molar-refractivity contribution in [3.63, 3.8) is 0 Å². The van der Waals surface area contributed by atoms with Crippen LogP contribution in [0, 0.1) is 0 Å². The van der Waals surface area contributed by atoms with E-state index in [0.717, 1.165) is 21.8 Å². The molecule has 3 aromatic rings. The average molecular weight is 305 g/mol. The molecule has 0 aliphatic carbocycles. The number of aromatic amines is 1. The minimum atomic E-state index is -0.0561. The van der Waals surface area contributed by atoms with Crippen molar-refractivity contribution in [1.29, 1.82) is 0 Å². The minimum Gasteiger partial charge on any atom is -0.309 e. The Hall–Kier alpha value is -1.50. The van der Waals surface area contributed by atoms with Crippen LogP contribution in [0.25, 0.3) is 20.7 Å². The third kappa shape index (κ3) is 2.30. The van der Waals surface area contributed by atoms with Crippen LogP contribution in [0.1, 0.15) is 25.7 Å². The van der Waals surface area contributed by atoms with E-state index in [-0.39, 0.29) is 11.6 Å². The third-order valence-corrected chi connectivity index (χ3v) is 4.94. The van der Waals surface area contributed by atoms with Crippen molar-refractivity contribution in [1.82, 2.24) is 15.3 Å². The van der Waals surface area contributed by atoms with Crippen LogP contribution in [0.15, 0.2) is 27.7 Å². The number of hydrogen-bond donors (Lipinski definition) is 2. The van der Waals surface area contributed by atoms with E-state index in [2.05, 4.69) is 15.3 Å². The van der Waals surface area contributed by atoms with Gasteiger partial charge in [-0.1, -0.05) is 13.0 Å². The predicted molar refractivity (Wildman–Crippen MR) is 85.6 cm³/mol. The largest absolute Gasteiger partial charge is 0.309 e. The van der Waals surface area contributed by atoms with E-state index in [0.29, 0.717) is 11.2 Å². The van der Waals surface area contributed by atoms with Crippen molar-refractivity contribution in [3.8, 4) is 10.4 Å². The molecule has 104 valence electrons. The summed E-state index contributed by atoms with van der Waals surface area (Å²) >= 11 is 3.16. The summed E-state index contributed by atoms with van der Waals surface area (Å²) in [6.45, 7) is 4.88. The van der Waals surface area contributed by atoms with Gasteiger partial charge in [-0.15, -0.1) is 22.7 Å². The highest BCUT2D eigenvalue weighted by atomic mass is 32.1. The molecule has 0 unspecified atom stereocenters. The Morgan fingerprint density at radius 2 is 2.30 bits per heavy atom. The van der Waals surface area contributed by atoms with Gasteiger partial charge in [0.05, 0.1) is 11.4 Å². The zero-order valence-corrected chi connectivity index (χ0v) is 12.9. The van der Waals surface area contributed by atoms with Gasteiger partial charge in [-0.3, -0.25) is 4.79 Å². The quantitative estimate of drug-likeness (QED) is 0.777. The molecule has 0 aliphatic heterocycles. The standard InChI is InChI=1S/C14H15N3OS2/c1-3-15-8(2)12-16-13(18)11-9(7-20-14(11)17-12)10-5-4-6-19-10/h4-8,15H,3H2,1-2H3,(H,16,17,18)/t8-/m0/s1. The molecule has 3 aromatic heterocycles. The van der Waals surface area contributed by atoms with Gasteiger partial charge in [0.2, 0.25) is 0 Å². The van der Waals surface area contributed by atoms with Crippen LogP contribution in [0.3, 0.4) is 0 Å². The Morgan fingerprint density at radius 3 is 3.00 bits per heavy atom. The molecule has 0 spiro atoms. The van der Waals surface area contributed by atoms with Crippen LogP contribution in [0.4, 0.5) is 0 Å². The lowest BCUT2D eigenvalue weighted by Crippen LogP contribution is -2.23. The molecular weight excluding hydrogens is 290 g/mol. The highest BCUT2D eigenvalue weighted by molar-refractivity contribution is 7.18. The van der Waals surface area contributed by atoms with Gasteiger partial charge in [0.25, 0.3) is 5.56 Å². The third-order valence-electron chi connectivity index (χ3n) is 3.17. The maximum absolute atomic E-state index is 12.4. The summed E-state index contributed by atoms with van der Waals surface area (Å²) < 4.78 is 0. The molecule has 0 amide bonds. The van der Waals surface area contributed by atoms with Gasteiger partial charge >= 0.3 is 0 Å². The van der Waals surface area contributed by atoms with Crippen molar-refractivity contribution < 1.29 is 0 Å². The number of hydrogen-bond acceptors (Lipinski definition) is 5. The summed E-state index contributed by atoms with van der Waals surface area (Å²) in [7, 11) is 0. The van der Waals surface area contributed by atoms with Gasteiger partial charge in [0.15, 0.2) is 0 Å². The second kappa shape index (κ2) is 5.47. The summed E-state index contributed by atoms with van der Waals surface area (Å²) in [5.41, 5.74) is 0.927. The van der Waals surface area contributed by atoms with Gasteiger partial charge in [0, 0.05) is 15.8 Å². The van der Waals surface area contributed by atoms with Crippen molar-refractivity contribution in [2.45, 2.75) is 19.9 Å². The van der Waals surface area contributed by atoms with Crippen LogP contribution in [-0.4, -0.2) is 16.5 Å². The molecule has 6 heteroatoms. The molecule has 0 bridgehead atoms. The van der Waals surface area contributed by atoms with E-state index in [4.69, 9.17) is 0 Å². The van der Waals surface area contributed by atoms with Crippen LogP contribution < -0.4 is 10.9 Å². The van der Waals surface area contributed by atoms with Gasteiger partial charge in [-0.2, -0.15) is 0 Å². The van der Waals surface area contributed by atoms with E-state index in [1.165, 1.54) is 11.3 Å². The smallest absolute Gasteiger partial charge is 0.260 e. The van der Waals surface area contributed by atoms with Crippen molar-refractivity contribution in [3.05, 3.63) is 39.1 Å². The Bertz CT molecular complexity index is 773. The Balaban J connectivity index is 2.14. The summed E-state index contributed by atoms with van der Waals surface area (Å²) in [6, 6.07) is 4.07. The lowest BCUT2D eigenvalue weighted by atomic mass is 10.2. The number of nitrogens with one attached hydrogen (secondary N) is 2. The fourth-order valence-corrected chi connectivity index (χ4v) is 3.96. The topological polar surface area (TPSA) is 57.8 Å². The molecular formula is C14H15N3OS2. The van der Waals surface area contributed by atoms with Crippen LogP contribution >= 0.6 is 22.7 Å². The first-order valence-electron chi connectivity index (χ1n) is 6.49. The molecule has 0 aliphatic rings. The summed E-state index contributed by atoms with van der Waals surface area (Å²) in [4.78, 5) is 21.8. The molecule has 1 atom stereocenters. The van der Waals surface area contributed by atoms with Crippen molar-refractivity contribution in [2.24, 2.45) is 0 Å².